The molecule has 0 bridgehead atoms. The van der Waals surface area contributed by atoms with Gasteiger partial charge in [-0.15, -0.1) is 11.8 Å². The first kappa shape index (κ1) is 21.4. The maximum absolute atomic E-state index is 13.1. The van der Waals surface area contributed by atoms with E-state index in [0.717, 1.165) is 0 Å². The van der Waals surface area contributed by atoms with Crippen LogP contribution in [0.5, 0.6) is 0 Å². The third-order valence-corrected chi connectivity index (χ3v) is 5.98. The number of hydrogen-bond acceptors (Lipinski definition) is 6. The number of aromatic nitrogens is 2. The fourth-order valence-corrected chi connectivity index (χ4v) is 4.43. The Bertz CT molecular complexity index is 1130. The first-order chi connectivity index (χ1) is 13.9. The third-order valence-electron chi connectivity index (χ3n) is 4.73. The third kappa shape index (κ3) is 4.05. The second-order valence-corrected chi connectivity index (χ2v) is 7.62. The monoisotopic (exact) mass is 435 g/mol. The second-order valence-electron chi connectivity index (χ2n) is 6.40. The molecule has 0 spiro atoms. The highest BCUT2D eigenvalue weighted by molar-refractivity contribution is 7.99. The largest absolute Gasteiger partial charge is 0.480 e. The topological polar surface area (TPSA) is 84.7 Å². The smallest absolute Gasteiger partial charge is 0.323 e. The van der Waals surface area contributed by atoms with Crippen molar-refractivity contribution in [3.63, 3.8) is 0 Å². The van der Waals surface area contributed by atoms with Crippen LogP contribution in [0.3, 0.4) is 0 Å². The summed E-state index contributed by atoms with van der Waals surface area (Å²) in [6.07, 6.45) is 1.84. The number of methoxy groups -OCH3 is 1. The Morgan fingerprint density at radius 3 is 2.66 bits per heavy atom. The molecule has 0 amide bonds. The fourth-order valence-electron chi connectivity index (χ4n) is 3.37. The van der Waals surface area contributed by atoms with Gasteiger partial charge in [0, 0.05) is 25.6 Å². The summed E-state index contributed by atoms with van der Waals surface area (Å²) in [6.45, 7) is 3.52. The van der Waals surface area contributed by atoms with E-state index in [0.29, 0.717) is 57.4 Å². The lowest BCUT2D eigenvalue weighted by Gasteiger charge is -2.23. The van der Waals surface area contributed by atoms with E-state index in [1.165, 1.54) is 11.8 Å². The molecule has 0 saturated heterocycles. The summed E-state index contributed by atoms with van der Waals surface area (Å²) in [7, 11) is 1.63. The minimum absolute atomic E-state index is 0.192. The average molecular weight is 436 g/mol. The summed E-state index contributed by atoms with van der Waals surface area (Å²) in [5.41, 5.74) is 0.632. The number of benzene rings is 1. The molecule has 1 N–H and O–H groups in total. The van der Waals surface area contributed by atoms with Gasteiger partial charge in [0.25, 0.3) is 0 Å². The van der Waals surface area contributed by atoms with E-state index in [4.69, 9.17) is 16.3 Å². The number of thioether (sulfide) groups is 1. The van der Waals surface area contributed by atoms with Crippen molar-refractivity contribution in [3.8, 4) is 0 Å². The van der Waals surface area contributed by atoms with Crippen molar-refractivity contribution in [3.05, 3.63) is 39.5 Å². The number of carboxylic acids is 1. The normalized spacial score (nSPS) is 11.3. The Labute approximate surface area is 177 Å². The molecular formula is C20H22ClN3O4S. The zero-order chi connectivity index (χ0) is 21.1. The van der Waals surface area contributed by atoms with Crippen molar-refractivity contribution in [2.24, 2.45) is 0 Å². The van der Waals surface area contributed by atoms with Gasteiger partial charge in [-0.05, 0) is 37.4 Å². The Morgan fingerprint density at radius 1 is 1.31 bits per heavy atom. The van der Waals surface area contributed by atoms with Crippen LogP contribution < -0.4 is 10.3 Å². The number of fused-ring (bicyclic) bond motifs is 2. The number of aliphatic carboxylic acids is 1. The molecule has 2 aromatic heterocycles. The van der Waals surface area contributed by atoms with Crippen molar-refractivity contribution in [1.29, 1.82) is 0 Å². The lowest BCUT2D eigenvalue weighted by atomic mass is 10.1. The van der Waals surface area contributed by atoms with E-state index in [1.807, 2.05) is 18.1 Å². The molecule has 0 aliphatic rings. The van der Waals surface area contributed by atoms with Gasteiger partial charge < -0.3 is 19.3 Å². The molecule has 0 saturated carbocycles. The summed E-state index contributed by atoms with van der Waals surface area (Å²) in [4.78, 5) is 32.1. The molecule has 0 radical (unpaired) electrons. The first-order valence-corrected chi connectivity index (χ1v) is 10.7. The molecule has 154 valence electrons. The maximum atomic E-state index is 13.1. The van der Waals surface area contributed by atoms with Gasteiger partial charge in [0.2, 0.25) is 0 Å². The van der Waals surface area contributed by atoms with Crippen LogP contribution in [0.1, 0.15) is 6.92 Å². The van der Waals surface area contributed by atoms with E-state index in [9.17, 15) is 14.7 Å². The van der Waals surface area contributed by atoms with Gasteiger partial charge in [0.15, 0.2) is 5.43 Å². The minimum Gasteiger partial charge on any atom is -0.480 e. The second kappa shape index (κ2) is 9.02. The van der Waals surface area contributed by atoms with Crippen LogP contribution in [0.15, 0.2) is 34.0 Å². The molecule has 0 unspecified atom stereocenters. The van der Waals surface area contributed by atoms with Crippen molar-refractivity contribution in [2.75, 3.05) is 38.0 Å². The van der Waals surface area contributed by atoms with Gasteiger partial charge >= 0.3 is 5.97 Å². The molecule has 7 nitrogen and oxygen atoms in total. The van der Waals surface area contributed by atoms with Crippen LogP contribution in [0.2, 0.25) is 5.02 Å². The van der Waals surface area contributed by atoms with Crippen molar-refractivity contribution in [2.45, 2.75) is 18.4 Å². The molecular weight excluding hydrogens is 414 g/mol. The number of pyridine rings is 2. The van der Waals surface area contributed by atoms with Gasteiger partial charge in [-0.3, -0.25) is 9.59 Å². The van der Waals surface area contributed by atoms with Crippen molar-refractivity contribution in [1.82, 2.24) is 9.55 Å². The van der Waals surface area contributed by atoms with Crippen LogP contribution >= 0.6 is 23.4 Å². The molecule has 3 rings (SSSR count). The Hall–Kier alpha value is -2.29. The highest BCUT2D eigenvalue weighted by atomic mass is 35.5. The van der Waals surface area contributed by atoms with Crippen LogP contribution in [-0.2, 0) is 16.1 Å². The Kier molecular flexibility index (Phi) is 6.66. The van der Waals surface area contributed by atoms with Crippen LogP contribution in [0.4, 0.5) is 5.82 Å². The molecule has 0 aliphatic carbocycles. The van der Waals surface area contributed by atoms with Crippen molar-refractivity contribution < 1.29 is 14.6 Å². The van der Waals surface area contributed by atoms with E-state index in [1.54, 1.807) is 35.9 Å². The molecule has 29 heavy (non-hydrogen) atoms. The Balaban J connectivity index is 2.40. The number of carboxylic acid groups (broad SMARTS) is 1. The lowest BCUT2D eigenvalue weighted by Crippen LogP contribution is -2.28. The van der Waals surface area contributed by atoms with E-state index in [-0.39, 0.29) is 12.0 Å². The lowest BCUT2D eigenvalue weighted by molar-refractivity contribution is -0.137. The fraction of sp³-hybridized carbons (Fsp3) is 0.350. The Morgan fingerprint density at radius 2 is 2.03 bits per heavy atom. The number of nitrogens with zero attached hydrogens (tertiary/aromatic N) is 3. The molecule has 1 aromatic carbocycles. The van der Waals surface area contributed by atoms with E-state index < -0.39 is 5.97 Å². The average Bonchev–Trinajstić information content (AvgIpc) is 2.71. The summed E-state index contributed by atoms with van der Waals surface area (Å²) in [5.74, 6) is -0.370. The zero-order valence-electron chi connectivity index (χ0n) is 16.4. The highest BCUT2D eigenvalue weighted by Crippen LogP contribution is 2.34. The molecule has 3 aromatic rings. The number of anilines is 1. The predicted molar refractivity (Wildman–Crippen MR) is 118 cm³/mol. The first-order valence-electron chi connectivity index (χ1n) is 9.08. The van der Waals surface area contributed by atoms with Crippen molar-refractivity contribution >= 4 is 57.1 Å². The van der Waals surface area contributed by atoms with Gasteiger partial charge in [-0.1, -0.05) is 11.6 Å². The highest BCUT2D eigenvalue weighted by Gasteiger charge is 2.19. The summed E-state index contributed by atoms with van der Waals surface area (Å²) in [6, 6.07) is 6.80. The van der Waals surface area contributed by atoms with E-state index >= 15 is 0 Å². The summed E-state index contributed by atoms with van der Waals surface area (Å²) in [5, 5.41) is 10.8. The van der Waals surface area contributed by atoms with Gasteiger partial charge in [-0.25, -0.2) is 4.98 Å². The zero-order valence-corrected chi connectivity index (χ0v) is 18.0. The number of ether oxygens (including phenoxy) is 1. The molecule has 0 atom stereocenters. The van der Waals surface area contributed by atoms with E-state index in [2.05, 4.69) is 4.98 Å². The van der Waals surface area contributed by atoms with Crippen LogP contribution in [0, 0.1) is 0 Å². The summed E-state index contributed by atoms with van der Waals surface area (Å²) < 4.78 is 6.73. The molecule has 0 fully saturated rings. The number of carbonyl (C=O) groups is 1. The number of likely N-dealkylation sites (N-methyl/N-ethyl adjacent to an activating group) is 1. The van der Waals surface area contributed by atoms with Gasteiger partial charge in [-0.2, -0.15) is 0 Å². The standard InChI is InChI=1S/C20H22ClN3O4S/c1-4-23(9-10-28-2)15-8-6-13-18(27)12-5-7-14(21)19(29-3)17(12)24(11-16(25)26)20(13)22-15/h5-8H,4,9-11H2,1-3H3,(H,25,26). The summed E-state index contributed by atoms with van der Waals surface area (Å²) >= 11 is 7.72. The maximum Gasteiger partial charge on any atom is 0.323 e. The quantitative estimate of drug-likeness (QED) is 0.428. The molecule has 0 aliphatic heterocycles. The SMILES string of the molecule is CCN(CCOC)c1ccc2c(=O)c3ccc(Cl)c(SC)c3n(CC(=O)O)c2n1. The van der Waals surface area contributed by atoms with Gasteiger partial charge in [0.05, 0.1) is 27.4 Å². The van der Waals surface area contributed by atoms with Crippen LogP contribution in [0.25, 0.3) is 21.9 Å². The molecule has 9 heteroatoms. The number of rotatable bonds is 8. The minimum atomic E-state index is -1.03. The predicted octanol–water partition coefficient (Wildman–Crippen LogP) is 3.48. The van der Waals surface area contributed by atoms with Gasteiger partial charge in [0.1, 0.15) is 18.0 Å². The number of halogens is 1. The van der Waals surface area contributed by atoms with Crippen LogP contribution in [-0.4, -0.2) is 53.7 Å². The molecule has 2 heterocycles. The number of hydrogen-bond donors (Lipinski definition) is 1.